The number of benzene rings is 1. The van der Waals surface area contributed by atoms with E-state index < -0.39 is 0 Å². The second kappa shape index (κ2) is 3.97. The number of aromatic amines is 1. The zero-order chi connectivity index (χ0) is 12.5. The Morgan fingerprint density at radius 2 is 2.06 bits per heavy atom. The maximum absolute atomic E-state index is 8.89. The van der Waals surface area contributed by atoms with Gasteiger partial charge in [0.25, 0.3) is 0 Å². The van der Waals surface area contributed by atoms with Crippen molar-refractivity contribution in [2.75, 3.05) is 0 Å². The predicted octanol–water partition coefficient (Wildman–Crippen LogP) is 2.81. The molecule has 2 heterocycles. The second-order valence-corrected chi connectivity index (χ2v) is 4.10. The molecule has 86 valence electrons. The van der Waals surface area contributed by atoms with E-state index in [4.69, 9.17) is 5.26 Å². The molecule has 0 aliphatic rings. The summed E-state index contributed by atoms with van der Waals surface area (Å²) in [6.45, 7) is 1.93. The highest BCUT2D eigenvalue weighted by Gasteiger charge is 2.06. The molecule has 0 radical (unpaired) electrons. The van der Waals surface area contributed by atoms with Crippen LogP contribution in [-0.4, -0.2) is 15.0 Å². The van der Waals surface area contributed by atoms with Crippen LogP contribution in [0, 0.1) is 18.3 Å². The summed E-state index contributed by atoms with van der Waals surface area (Å²) in [4.78, 5) is 12.0. The van der Waals surface area contributed by atoms with Crippen molar-refractivity contribution in [3.05, 3.63) is 47.7 Å². The van der Waals surface area contributed by atoms with Crippen LogP contribution >= 0.6 is 0 Å². The minimum Gasteiger partial charge on any atom is -0.337 e. The van der Waals surface area contributed by atoms with Crippen LogP contribution in [0.2, 0.25) is 0 Å². The first-order chi connectivity index (χ1) is 8.76. The Kier molecular flexibility index (Phi) is 2.31. The van der Waals surface area contributed by atoms with Crippen molar-refractivity contribution in [3.63, 3.8) is 0 Å². The lowest BCUT2D eigenvalue weighted by atomic mass is 10.1. The number of imidazole rings is 1. The summed E-state index contributed by atoms with van der Waals surface area (Å²) in [5, 5.41) is 8.89. The van der Waals surface area contributed by atoms with Crippen LogP contribution in [-0.2, 0) is 0 Å². The fourth-order valence-electron chi connectivity index (χ4n) is 1.86. The molecule has 18 heavy (non-hydrogen) atoms. The van der Waals surface area contributed by atoms with Gasteiger partial charge in [-0.3, -0.25) is 0 Å². The lowest BCUT2D eigenvalue weighted by Crippen LogP contribution is -1.82. The third kappa shape index (κ3) is 1.72. The van der Waals surface area contributed by atoms with E-state index in [2.05, 4.69) is 21.0 Å². The summed E-state index contributed by atoms with van der Waals surface area (Å²) in [5.41, 5.74) is 4.05. The monoisotopic (exact) mass is 234 g/mol. The molecule has 0 atom stereocenters. The number of H-pyrrole nitrogens is 1. The van der Waals surface area contributed by atoms with Gasteiger partial charge in [-0.2, -0.15) is 5.26 Å². The minimum absolute atomic E-state index is 0.622. The van der Waals surface area contributed by atoms with Gasteiger partial charge in [0, 0.05) is 11.3 Å². The number of nitrogens with one attached hydrogen (secondary N) is 1. The Balaban J connectivity index is 2.16. The highest BCUT2D eigenvalue weighted by molar-refractivity contribution is 5.76. The molecular formula is C14H10N4. The minimum atomic E-state index is 0.622. The van der Waals surface area contributed by atoms with Gasteiger partial charge in [0.1, 0.15) is 5.82 Å². The third-order valence-electron chi connectivity index (χ3n) is 2.75. The third-order valence-corrected chi connectivity index (χ3v) is 2.75. The summed E-state index contributed by atoms with van der Waals surface area (Å²) in [6.07, 6.45) is 0. The summed E-state index contributed by atoms with van der Waals surface area (Å²) >= 11 is 0. The lowest BCUT2D eigenvalue weighted by molar-refractivity contribution is 1.22. The van der Waals surface area contributed by atoms with Crippen molar-refractivity contribution >= 4 is 11.2 Å². The van der Waals surface area contributed by atoms with Gasteiger partial charge in [-0.05, 0) is 31.2 Å². The molecule has 2 aromatic heterocycles. The first-order valence-electron chi connectivity index (χ1n) is 5.60. The van der Waals surface area contributed by atoms with Gasteiger partial charge in [-0.25, -0.2) is 9.97 Å². The Bertz CT molecular complexity index is 765. The summed E-state index contributed by atoms with van der Waals surface area (Å²) in [5.74, 6) is 0.736. The quantitative estimate of drug-likeness (QED) is 0.704. The molecule has 0 aliphatic heterocycles. The van der Waals surface area contributed by atoms with E-state index in [1.807, 2.05) is 37.3 Å². The fourth-order valence-corrected chi connectivity index (χ4v) is 1.86. The Hall–Kier alpha value is -2.67. The Labute approximate surface area is 104 Å². The average molecular weight is 234 g/mol. The molecule has 0 aliphatic carbocycles. The van der Waals surface area contributed by atoms with Gasteiger partial charge in [0.15, 0.2) is 5.65 Å². The largest absolute Gasteiger partial charge is 0.337 e. The topological polar surface area (TPSA) is 65.4 Å². The predicted molar refractivity (Wildman–Crippen MR) is 68.8 cm³/mol. The van der Waals surface area contributed by atoms with Crippen LogP contribution in [0.15, 0.2) is 36.4 Å². The second-order valence-electron chi connectivity index (χ2n) is 4.10. The van der Waals surface area contributed by atoms with Crippen LogP contribution < -0.4 is 0 Å². The number of fused-ring (bicyclic) bond motifs is 1. The van der Waals surface area contributed by atoms with Crippen molar-refractivity contribution in [3.8, 4) is 17.5 Å². The number of hydrogen-bond acceptors (Lipinski definition) is 3. The molecule has 0 unspecified atom stereocenters. The van der Waals surface area contributed by atoms with Gasteiger partial charge in [0.2, 0.25) is 0 Å². The highest BCUT2D eigenvalue weighted by atomic mass is 15.0. The molecule has 0 saturated heterocycles. The molecule has 0 spiro atoms. The summed E-state index contributed by atoms with van der Waals surface area (Å²) < 4.78 is 0. The number of rotatable bonds is 1. The van der Waals surface area contributed by atoms with Crippen molar-refractivity contribution < 1.29 is 0 Å². The normalized spacial score (nSPS) is 10.4. The first-order valence-corrected chi connectivity index (χ1v) is 5.60. The number of aryl methyl sites for hydroxylation is 1. The van der Waals surface area contributed by atoms with Crippen LogP contribution in [0.3, 0.4) is 0 Å². The van der Waals surface area contributed by atoms with Crippen LogP contribution in [0.5, 0.6) is 0 Å². The molecule has 4 nitrogen and oxygen atoms in total. The van der Waals surface area contributed by atoms with Crippen molar-refractivity contribution in [1.29, 1.82) is 5.26 Å². The van der Waals surface area contributed by atoms with Crippen LogP contribution in [0.4, 0.5) is 0 Å². The number of nitriles is 1. The molecule has 1 N–H and O–H groups in total. The van der Waals surface area contributed by atoms with E-state index >= 15 is 0 Å². The highest BCUT2D eigenvalue weighted by Crippen LogP contribution is 2.20. The van der Waals surface area contributed by atoms with Crippen molar-refractivity contribution in [1.82, 2.24) is 15.0 Å². The molecule has 0 amide bonds. The van der Waals surface area contributed by atoms with Gasteiger partial charge in [0.05, 0.1) is 17.1 Å². The van der Waals surface area contributed by atoms with Gasteiger partial charge >= 0.3 is 0 Å². The fraction of sp³-hybridized carbons (Fsp3) is 0.0714. The SMILES string of the molecule is Cc1ccc2[nH]c(-c3cccc(C#N)c3)nc2n1. The Morgan fingerprint density at radius 3 is 2.89 bits per heavy atom. The summed E-state index contributed by atoms with van der Waals surface area (Å²) in [6, 6.07) is 13.4. The van der Waals surface area contributed by atoms with Gasteiger partial charge in [-0.1, -0.05) is 12.1 Å². The van der Waals surface area contributed by atoms with E-state index in [1.165, 1.54) is 0 Å². The van der Waals surface area contributed by atoms with Crippen LogP contribution in [0.1, 0.15) is 11.3 Å². The molecule has 3 rings (SSSR count). The maximum Gasteiger partial charge on any atom is 0.178 e. The van der Waals surface area contributed by atoms with E-state index in [9.17, 15) is 0 Å². The van der Waals surface area contributed by atoms with Gasteiger partial charge in [-0.15, -0.1) is 0 Å². The van der Waals surface area contributed by atoms with Crippen molar-refractivity contribution in [2.45, 2.75) is 6.92 Å². The molecule has 0 bridgehead atoms. The average Bonchev–Trinajstić information content (AvgIpc) is 2.81. The van der Waals surface area contributed by atoms with Crippen molar-refractivity contribution in [2.24, 2.45) is 0 Å². The maximum atomic E-state index is 8.89. The lowest BCUT2D eigenvalue weighted by Gasteiger charge is -1.95. The van der Waals surface area contributed by atoms with Gasteiger partial charge < -0.3 is 4.98 Å². The zero-order valence-electron chi connectivity index (χ0n) is 9.81. The number of nitrogens with zero attached hydrogens (tertiary/aromatic N) is 3. The number of hydrogen-bond donors (Lipinski definition) is 1. The van der Waals surface area contributed by atoms with E-state index in [-0.39, 0.29) is 0 Å². The smallest absolute Gasteiger partial charge is 0.178 e. The summed E-state index contributed by atoms with van der Waals surface area (Å²) in [7, 11) is 0. The van der Waals surface area contributed by atoms with E-state index in [1.54, 1.807) is 6.07 Å². The standard InChI is InChI=1S/C14H10N4/c1-9-5-6-12-14(16-9)18-13(17-12)11-4-2-3-10(7-11)8-15/h2-7H,1H3,(H,16,17,18). The molecule has 0 fully saturated rings. The Morgan fingerprint density at radius 1 is 1.17 bits per heavy atom. The molecule has 1 aromatic carbocycles. The zero-order valence-corrected chi connectivity index (χ0v) is 9.81. The van der Waals surface area contributed by atoms with E-state index in [0.717, 1.165) is 22.6 Å². The molecule has 0 saturated carbocycles. The van der Waals surface area contributed by atoms with E-state index in [0.29, 0.717) is 11.2 Å². The molecular weight excluding hydrogens is 224 g/mol. The van der Waals surface area contributed by atoms with Crippen LogP contribution in [0.25, 0.3) is 22.6 Å². The number of pyridine rings is 1. The first kappa shape index (κ1) is 10.5. The molecule has 4 heteroatoms. The molecule has 3 aromatic rings. The number of aromatic nitrogens is 3.